The summed E-state index contributed by atoms with van der Waals surface area (Å²) in [5.41, 5.74) is 7.21. The number of amides is 1. The van der Waals surface area contributed by atoms with Crippen LogP contribution in [0.1, 0.15) is 34.5 Å². The SMILES string of the molecule is CC(NC(=O)c1ccc(F)cc1F)c1ccc(CN)cc1. The largest absolute Gasteiger partial charge is 0.345 e. The normalized spacial score (nSPS) is 12.0. The van der Waals surface area contributed by atoms with Crippen LogP contribution in [-0.2, 0) is 6.54 Å². The summed E-state index contributed by atoms with van der Waals surface area (Å²) in [6, 6.07) is 10.0. The zero-order chi connectivity index (χ0) is 15.4. The van der Waals surface area contributed by atoms with Gasteiger partial charge in [-0.1, -0.05) is 24.3 Å². The Bertz CT molecular complexity index is 641. The van der Waals surface area contributed by atoms with Crippen LogP contribution in [0, 0.1) is 11.6 Å². The first-order chi connectivity index (χ1) is 10.0. The first-order valence-corrected chi connectivity index (χ1v) is 6.56. The topological polar surface area (TPSA) is 55.1 Å². The fourth-order valence-corrected chi connectivity index (χ4v) is 1.97. The molecule has 0 radical (unpaired) electrons. The summed E-state index contributed by atoms with van der Waals surface area (Å²) in [6.45, 7) is 2.23. The van der Waals surface area contributed by atoms with Crippen LogP contribution in [0.3, 0.4) is 0 Å². The molecule has 1 atom stereocenters. The fourth-order valence-electron chi connectivity index (χ4n) is 1.97. The third-order valence-corrected chi connectivity index (χ3v) is 3.24. The van der Waals surface area contributed by atoms with Gasteiger partial charge in [0.1, 0.15) is 11.6 Å². The van der Waals surface area contributed by atoms with Gasteiger partial charge in [-0.25, -0.2) is 8.78 Å². The van der Waals surface area contributed by atoms with Crippen molar-refractivity contribution in [2.24, 2.45) is 5.73 Å². The molecule has 0 fully saturated rings. The van der Waals surface area contributed by atoms with Gasteiger partial charge in [0, 0.05) is 12.6 Å². The Morgan fingerprint density at radius 1 is 1.19 bits per heavy atom. The highest BCUT2D eigenvalue weighted by Gasteiger charge is 2.15. The van der Waals surface area contributed by atoms with E-state index in [2.05, 4.69) is 5.32 Å². The molecule has 3 nitrogen and oxygen atoms in total. The number of nitrogens with two attached hydrogens (primary N) is 1. The van der Waals surface area contributed by atoms with Crippen molar-refractivity contribution >= 4 is 5.91 Å². The van der Waals surface area contributed by atoms with Gasteiger partial charge in [0.2, 0.25) is 0 Å². The number of benzene rings is 2. The molecule has 0 aromatic heterocycles. The lowest BCUT2D eigenvalue weighted by molar-refractivity contribution is 0.0935. The molecule has 0 saturated carbocycles. The first-order valence-electron chi connectivity index (χ1n) is 6.56. The van der Waals surface area contributed by atoms with Crippen molar-refractivity contribution in [1.82, 2.24) is 5.32 Å². The Balaban J connectivity index is 2.10. The minimum atomic E-state index is -0.877. The number of hydrogen-bond acceptors (Lipinski definition) is 2. The second-order valence-corrected chi connectivity index (χ2v) is 4.77. The number of halogens is 2. The van der Waals surface area contributed by atoms with Crippen molar-refractivity contribution in [2.45, 2.75) is 19.5 Å². The van der Waals surface area contributed by atoms with Crippen LogP contribution in [0.5, 0.6) is 0 Å². The Hall–Kier alpha value is -2.27. The summed E-state index contributed by atoms with van der Waals surface area (Å²) in [5.74, 6) is -2.17. The minimum absolute atomic E-state index is 0.179. The number of carbonyl (C=O) groups excluding carboxylic acids is 1. The lowest BCUT2D eigenvalue weighted by atomic mass is 10.1. The molecule has 0 aliphatic rings. The van der Waals surface area contributed by atoms with Gasteiger partial charge in [0.15, 0.2) is 0 Å². The molecule has 0 aliphatic carbocycles. The molecule has 5 heteroatoms. The van der Waals surface area contributed by atoms with Gasteiger partial charge in [-0.3, -0.25) is 4.79 Å². The van der Waals surface area contributed by atoms with E-state index in [1.54, 1.807) is 6.92 Å². The molecule has 2 aromatic carbocycles. The smallest absolute Gasteiger partial charge is 0.254 e. The van der Waals surface area contributed by atoms with Gasteiger partial charge in [-0.2, -0.15) is 0 Å². The van der Waals surface area contributed by atoms with Crippen LogP contribution in [-0.4, -0.2) is 5.91 Å². The Morgan fingerprint density at radius 3 is 2.43 bits per heavy atom. The highest BCUT2D eigenvalue weighted by molar-refractivity contribution is 5.94. The summed E-state index contributed by atoms with van der Waals surface area (Å²) in [6.07, 6.45) is 0. The average molecular weight is 290 g/mol. The Kier molecular flexibility index (Phi) is 4.65. The molecule has 21 heavy (non-hydrogen) atoms. The second kappa shape index (κ2) is 6.45. The molecule has 0 heterocycles. The maximum atomic E-state index is 13.5. The van der Waals surface area contributed by atoms with Gasteiger partial charge in [0.05, 0.1) is 11.6 Å². The predicted molar refractivity (Wildman–Crippen MR) is 76.6 cm³/mol. The van der Waals surface area contributed by atoms with E-state index in [0.717, 1.165) is 23.3 Å². The van der Waals surface area contributed by atoms with Gasteiger partial charge in [-0.15, -0.1) is 0 Å². The molecule has 2 rings (SSSR count). The monoisotopic (exact) mass is 290 g/mol. The van der Waals surface area contributed by atoms with Crippen LogP contribution in [0.4, 0.5) is 8.78 Å². The van der Waals surface area contributed by atoms with Crippen molar-refractivity contribution in [1.29, 1.82) is 0 Å². The van der Waals surface area contributed by atoms with Gasteiger partial charge >= 0.3 is 0 Å². The van der Waals surface area contributed by atoms with E-state index in [9.17, 15) is 13.6 Å². The maximum Gasteiger partial charge on any atom is 0.254 e. The third-order valence-electron chi connectivity index (χ3n) is 3.24. The summed E-state index contributed by atoms with van der Waals surface area (Å²) >= 11 is 0. The molecule has 1 unspecified atom stereocenters. The Morgan fingerprint density at radius 2 is 1.86 bits per heavy atom. The van der Waals surface area contributed by atoms with Crippen LogP contribution < -0.4 is 11.1 Å². The number of rotatable bonds is 4. The van der Waals surface area contributed by atoms with Crippen LogP contribution in [0.2, 0.25) is 0 Å². The quantitative estimate of drug-likeness (QED) is 0.909. The first kappa shape index (κ1) is 15.1. The number of carbonyl (C=O) groups is 1. The van der Waals surface area contributed by atoms with Gasteiger partial charge in [-0.05, 0) is 30.2 Å². The average Bonchev–Trinajstić information content (AvgIpc) is 2.47. The molecule has 110 valence electrons. The fraction of sp³-hybridized carbons (Fsp3) is 0.188. The second-order valence-electron chi connectivity index (χ2n) is 4.77. The third kappa shape index (κ3) is 3.64. The van der Waals surface area contributed by atoms with Crippen molar-refractivity contribution in [3.63, 3.8) is 0 Å². The molecular weight excluding hydrogens is 274 g/mol. The predicted octanol–water partition coefficient (Wildman–Crippen LogP) is 2.91. The van der Waals surface area contributed by atoms with Crippen molar-refractivity contribution in [3.8, 4) is 0 Å². The minimum Gasteiger partial charge on any atom is -0.345 e. The number of nitrogens with one attached hydrogen (secondary N) is 1. The Labute approximate surface area is 121 Å². The van der Waals surface area contributed by atoms with E-state index in [-0.39, 0.29) is 11.6 Å². The lowest BCUT2D eigenvalue weighted by Crippen LogP contribution is -2.27. The van der Waals surface area contributed by atoms with Crippen molar-refractivity contribution in [2.75, 3.05) is 0 Å². The highest BCUT2D eigenvalue weighted by Crippen LogP contribution is 2.15. The molecular formula is C16H16F2N2O. The van der Waals surface area contributed by atoms with E-state index in [1.807, 2.05) is 24.3 Å². The highest BCUT2D eigenvalue weighted by atomic mass is 19.1. The molecule has 0 saturated heterocycles. The van der Waals surface area contributed by atoms with Gasteiger partial charge in [0.25, 0.3) is 5.91 Å². The molecule has 0 aliphatic heterocycles. The van der Waals surface area contributed by atoms with Crippen molar-refractivity contribution in [3.05, 3.63) is 70.8 Å². The molecule has 0 spiro atoms. The summed E-state index contributed by atoms with van der Waals surface area (Å²) in [7, 11) is 0. The standard InChI is InChI=1S/C16H16F2N2O/c1-10(12-4-2-11(9-19)3-5-12)20-16(21)14-7-6-13(17)8-15(14)18/h2-8,10H,9,19H2,1H3,(H,20,21). The molecule has 1 amide bonds. The summed E-state index contributed by atoms with van der Waals surface area (Å²) in [5, 5.41) is 2.68. The maximum absolute atomic E-state index is 13.5. The van der Waals surface area contributed by atoms with Crippen LogP contribution >= 0.6 is 0 Å². The van der Waals surface area contributed by atoms with Crippen LogP contribution in [0.15, 0.2) is 42.5 Å². The summed E-state index contributed by atoms with van der Waals surface area (Å²) in [4.78, 5) is 12.0. The van der Waals surface area contributed by atoms with E-state index in [1.165, 1.54) is 0 Å². The zero-order valence-electron chi connectivity index (χ0n) is 11.6. The molecule has 3 N–H and O–H groups in total. The summed E-state index contributed by atoms with van der Waals surface area (Å²) < 4.78 is 26.4. The molecule has 2 aromatic rings. The van der Waals surface area contributed by atoms with Crippen molar-refractivity contribution < 1.29 is 13.6 Å². The lowest BCUT2D eigenvalue weighted by Gasteiger charge is -2.15. The van der Waals surface area contributed by atoms with Crippen LogP contribution in [0.25, 0.3) is 0 Å². The van der Waals surface area contributed by atoms with E-state index >= 15 is 0 Å². The van der Waals surface area contributed by atoms with E-state index < -0.39 is 17.5 Å². The van der Waals surface area contributed by atoms with E-state index in [4.69, 9.17) is 5.73 Å². The van der Waals surface area contributed by atoms with E-state index in [0.29, 0.717) is 12.6 Å². The number of hydrogen-bond donors (Lipinski definition) is 2. The molecule has 0 bridgehead atoms. The van der Waals surface area contributed by atoms with Gasteiger partial charge < -0.3 is 11.1 Å². The zero-order valence-corrected chi connectivity index (χ0v) is 11.6.